The maximum Gasteiger partial charge on any atom is 0.256 e. The number of likely N-dealkylation sites (tertiary alicyclic amines) is 1. The van der Waals surface area contributed by atoms with E-state index in [9.17, 15) is 9.59 Å². The minimum atomic E-state index is -1.20. The number of benzene rings is 3. The third kappa shape index (κ3) is 4.85. The SMILES string of the molecule is N[C@H]1CCCN(C(=O)c2ccc(Br)cc2NC2(Cc3cccc(Cl)c3)C(=O)Nc3cc(Cl)ccc32)C1. The largest absolute Gasteiger partial charge is 0.367 e. The van der Waals surface area contributed by atoms with E-state index >= 15 is 0 Å². The van der Waals surface area contributed by atoms with E-state index < -0.39 is 5.54 Å². The zero-order chi connectivity index (χ0) is 25.4. The molecule has 2 aliphatic heterocycles. The Morgan fingerprint density at radius 2 is 1.94 bits per heavy atom. The minimum absolute atomic E-state index is 0.0408. The van der Waals surface area contributed by atoms with E-state index in [1.54, 1.807) is 29.2 Å². The highest BCUT2D eigenvalue weighted by Gasteiger charge is 2.47. The van der Waals surface area contributed by atoms with Gasteiger partial charge in [-0.1, -0.05) is 57.3 Å². The number of hydrogen-bond donors (Lipinski definition) is 3. The Bertz CT molecular complexity index is 1350. The van der Waals surface area contributed by atoms with Crippen LogP contribution < -0.4 is 16.4 Å². The molecular weight excluding hydrogens is 563 g/mol. The molecule has 2 heterocycles. The van der Waals surface area contributed by atoms with E-state index in [4.69, 9.17) is 28.9 Å². The number of rotatable bonds is 5. The fraction of sp³-hybridized carbons (Fsp3) is 0.259. The molecule has 3 aromatic rings. The Morgan fingerprint density at radius 3 is 2.72 bits per heavy atom. The van der Waals surface area contributed by atoms with Gasteiger partial charge in [-0.2, -0.15) is 0 Å². The van der Waals surface area contributed by atoms with Gasteiger partial charge in [-0.3, -0.25) is 9.59 Å². The van der Waals surface area contributed by atoms with E-state index in [-0.39, 0.29) is 17.9 Å². The molecule has 6 nitrogen and oxygen atoms in total. The first kappa shape index (κ1) is 25.1. The summed E-state index contributed by atoms with van der Waals surface area (Å²) in [5, 5.41) is 7.56. The molecule has 5 rings (SSSR count). The van der Waals surface area contributed by atoms with Gasteiger partial charge >= 0.3 is 0 Å². The smallest absolute Gasteiger partial charge is 0.256 e. The molecule has 186 valence electrons. The molecule has 0 aliphatic carbocycles. The number of fused-ring (bicyclic) bond motifs is 1. The number of carbonyl (C=O) groups is 2. The fourth-order valence-electron chi connectivity index (χ4n) is 5.04. The van der Waals surface area contributed by atoms with Crippen LogP contribution in [-0.2, 0) is 16.8 Å². The monoisotopic (exact) mass is 586 g/mol. The van der Waals surface area contributed by atoms with Crippen molar-refractivity contribution >= 4 is 62.3 Å². The van der Waals surface area contributed by atoms with E-state index in [0.29, 0.717) is 46.5 Å². The average Bonchev–Trinajstić information content (AvgIpc) is 3.08. The zero-order valence-corrected chi connectivity index (χ0v) is 22.5. The van der Waals surface area contributed by atoms with Gasteiger partial charge in [0.2, 0.25) is 0 Å². The van der Waals surface area contributed by atoms with E-state index in [1.165, 1.54) is 0 Å². The third-order valence-electron chi connectivity index (χ3n) is 6.74. The number of piperidine rings is 1. The Hall–Kier alpha value is -2.58. The molecule has 36 heavy (non-hydrogen) atoms. The number of anilines is 2. The summed E-state index contributed by atoms with van der Waals surface area (Å²) < 4.78 is 0.782. The molecule has 9 heteroatoms. The van der Waals surface area contributed by atoms with Crippen molar-refractivity contribution in [2.75, 3.05) is 23.7 Å². The molecule has 3 aromatic carbocycles. The number of amides is 2. The van der Waals surface area contributed by atoms with Gasteiger partial charge in [-0.05, 0) is 60.9 Å². The van der Waals surface area contributed by atoms with Crippen LogP contribution in [0.5, 0.6) is 0 Å². The van der Waals surface area contributed by atoms with Crippen molar-refractivity contribution in [1.29, 1.82) is 0 Å². The molecule has 1 fully saturated rings. The van der Waals surface area contributed by atoms with Crippen LogP contribution in [-0.4, -0.2) is 35.8 Å². The number of hydrogen-bond acceptors (Lipinski definition) is 4. The maximum atomic E-state index is 13.7. The van der Waals surface area contributed by atoms with E-state index in [2.05, 4.69) is 26.6 Å². The molecule has 2 amide bonds. The quantitative estimate of drug-likeness (QED) is 0.351. The molecule has 2 aliphatic rings. The normalized spacial score (nSPS) is 21.2. The van der Waals surface area contributed by atoms with Crippen molar-refractivity contribution in [3.63, 3.8) is 0 Å². The van der Waals surface area contributed by atoms with Gasteiger partial charge in [0.15, 0.2) is 0 Å². The number of nitrogens with one attached hydrogen (secondary N) is 2. The van der Waals surface area contributed by atoms with Gasteiger partial charge in [-0.15, -0.1) is 0 Å². The lowest BCUT2D eigenvalue weighted by Gasteiger charge is -2.34. The minimum Gasteiger partial charge on any atom is -0.367 e. The van der Waals surface area contributed by atoms with Crippen LogP contribution in [0.25, 0.3) is 0 Å². The van der Waals surface area contributed by atoms with Crippen molar-refractivity contribution < 1.29 is 9.59 Å². The fourth-order valence-corrected chi connectivity index (χ4v) is 5.79. The lowest BCUT2D eigenvalue weighted by atomic mass is 9.84. The predicted molar refractivity (Wildman–Crippen MR) is 148 cm³/mol. The highest BCUT2D eigenvalue weighted by Crippen LogP contribution is 2.43. The summed E-state index contributed by atoms with van der Waals surface area (Å²) in [5.74, 6) is -0.356. The molecule has 0 spiro atoms. The van der Waals surface area contributed by atoms with Crippen molar-refractivity contribution in [1.82, 2.24) is 4.90 Å². The van der Waals surface area contributed by atoms with Crippen molar-refractivity contribution in [3.8, 4) is 0 Å². The second-order valence-corrected chi connectivity index (χ2v) is 11.1. The van der Waals surface area contributed by atoms with Crippen LogP contribution >= 0.6 is 39.1 Å². The molecule has 1 saturated heterocycles. The van der Waals surface area contributed by atoms with Crippen molar-refractivity contribution in [2.45, 2.75) is 30.8 Å². The van der Waals surface area contributed by atoms with Crippen LogP contribution in [0.3, 0.4) is 0 Å². The summed E-state index contributed by atoms with van der Waals surface area (Å²) >= 11 is 16.0. The second-order valence-electron chi connectivity index (χ2n) is 9.32. The zero-order valence-electron chi connectivity index (χ0n) is 19.4. The summed E-state index contributed by atoms with van der Waals surface area (Å²) in [6.45, 7) is 1.15. The van der Waals surface area contributed by atoms with Gasteiger partial charge in [0, 0.05) is 57.0 Å². The average molecular weight is 588 g/mol. The van der Waals surface area contributed by atoms with Crippen LogP contribution in [0.15, 0.2) is 65.1 Å². The Kier molecular flexibility index (Phi) is 7.01. The van der Waals surface area contributed by atoms with Crippen LogP contribution in [0, 0.1) is 0 Å². The molecule has 4 N–H and O–H groups in total. The van der Waals surface area contributed by atoms with Gasteiger partial charge in [0.25, 0.3) is 11.8 Å². The first-order valence-corrected chi connectivity index (χ1v) is 13.3. The number of nitrogens with zero attached hydrogens (tertiary/aromatic N) is 1. The third-order valence-corrected chi connectivity index (χ3v) is 7.70. The Labute approximate surface area is 228 Å². The van der Waals surface area contributed by atoms with Gasteiger partial charge in [-0.25, -0.2) is 0 Å². The summed E-state index contributed by atoms with van der Waals surface area (Å²) in [6.07, 6.45) is 2.07. The topological polar surface area (TPSA) is 87.5 Å². The van der Waals surface area contributed by atoms with Crippen LogP contribution in [0.4, 0.5) is 11.4 Å². The van der Waals surface area contributed by atoms with Crippen molar-refractivity contribution in [2.24, 2.45) is 5.73 Å². The van der Waals surface area contributed by atoms with Crippen LogP contribution in [0.1, 0.15) is 34.3 Å². The molecule has 0 saturated carbocycles. The lowest BCUT2D eigenvalue weighted by Crippen LogP contribution is -2.47. The van der Waals surface area contributed by atoms with Gasteiger partial charge < -0.3 is 21.3 Å². The number of nitrogens with two attached hydrogens (primary N) is 1. The highest BCUT2D eigenvalue weighted by molar-refractivity contribution is 9.10. The lowest BCUT2D eigenvalue weighted by molar-refractivity contribution is -0.119. The molecule has 0 bridgehead atoms. The predicted octanol–water partition coefficient (Wildman–Crippen LogP) is 5.82. The standard InChI is InChI=1S/C27H25BrCl2N4O2/c28-17-6-8-21(25(35)34-10-2-5-20(31)15-34)23(12-17)33-27(14-16-3-1-4-18(29)11-16)22-9-7-19(30)13-24(22)32-26(27)36/h1,3-4,6-9,11-13,20,33H,2,5,10,14-15,31H2,(H,32,36)/t20-,27?/m0/s1. The first-order chi connectivity index (χ1) is 17.2. The summed E-state index contributed by atoms with van der Waals surface area (Å²) in [5.41, 5.74) is 8.23. The van der Waals surface area contributed by atoms with Gasteiger partial charge in [0.05, 0.1) is 5.56 Å². The highest BCUT2D eigenvalue weighted by atomic mass is 79.9. The molecule has 0 radical (unpaired) electrons. The molecule has 2 atom stereocenters. The first-order valence-electron chi connectivity index (χ1n) is 11.7. The van der Waals surface area contributed by atoms with E-state index in [0.717, 1.165) is 28.4 Å². The van der Waals surface area contributed by atoms with Gasteiger partial charge in [0.1, 0.15) is 5.54 Å². The Morgan fingerprint density at radius 1 is 1.14 bits per heavy atom. The second kappa shape index (κ2) is 10.1. The Balaban J connectivity index is 1.60. The number of halogens is 3. The molecular formula is C27H25BrCl2N4O2. The summed E-state index contributed by atoms with van der Waals surface area (Å²) in [7, 11) is 0. The summed E-state index contributed by atoms with van der Waals surface area (Å²) in [4.78, 5) is 29.1. The number of carbonyl (C=O) groups excluding carboxylic acids is 2. The van der Waals surface area contributed by atoms with E-state index in [1.807, 2.05) is 36.4 Å². The molecule has 0 aromatic heterocycles. The maximum absolute atomic E-state index is 13.7. The molecule has 1 unspecified atom stereocenters. The summed E-state index contributed by atoms with van der Waals surface area (Å²) in [6, 6.07) is 18.2. The van der Waals surface area contributed by atoms with Crippen molar-refractivity contribution in [3.05, 3.63) is 91.9 Å². The van der Waals surface area contributed by atoms with Crippen LogP contribution in [0.2, 0.25) is 10.0 Å².